The zero-order valence-corrected chi connectivity index (χ0v) is 18.9. The molecular formula is C22H23N3O8S. The highest BCUT2D eigenvalue weighted by molar-refractivity contribution is 7.80. The first-order valence-electron chi connectivity index (χ1n) is 10.00. The molecule has 1 amide bonds. The van der Waals surface area contributed by atoms with Crippen LogP contribution in [0.15, 0.2) is 48.5 Å². The fraction of sp³-hybridized carbons (Fsp3) is 0.273. The van der Waals surface area contributed by atoms with Gasteiger partial charge in [0.05, 0.1) is 11.5 Å². The van der Waals surface area contributed by atoms with Crippen molar-refractivity contribution in [3.63, 3.8) is 0 Å². The third kappa shape index (κ3) is 7.32. The summed E-state index contributed by atoms with van der Waals surface area (Å²) in [7, 11) is 0. The molecule has 180 valence electrons. The Morgan fingerprint density at radius 2 is 1.82 bits per heavy atom. The number of likely N-dealkylation sites (tertiary alicyclic amines) is 1. The van der Waals surface area contributed by atoms with Crippen molar-refractivity contribution < 1.29 is 34.3 Å². The van der Waals surface area contributed by atoms with Crippen molar-refractivity contribution in [3.8, 4) is 11.5 Å². The second-order valence-corrected chi connectivity index (χ2v) is 7.94. The first-order chi connectivity index (χ1) is 16.0. The van der Waals surface area contributed by atoms with Crippen molar-refractivity contribution in [1.82, 2.24) is 4.90 Å². The van der Waals surface area contributed by atoms with Crippen LogP contribution >= 0.6 is 12.2 Å². The molecule has 0 radical (unpaired) electrons. The fourth-order valence-corrected chi connectivity index (χ4v) is 3.40. The Kier molecular flexibility index (Phi) is 9.16. The number of nitro groups is 1. The summed E-state index contributed by atoms with van der Waals surface area (Å²) < 4.78 is 5.49. The molecule has 0 spiro atoms. The lowest BCUT2D eigenvalue weighted by Crippen LogP contribution is -2.39. The molecule has 0 unspecified atom stereocenters. The van der Waals surface area contributed by atoms with Crippen LogP contribution in [0.3, 0.4) is 0 Å². The number of carboxylic acids is 2. The molecule has 3 rings (SSSR count). The van der Waals surface area contributed by atoms with Crippen LogP contribution in [-0.4, -0.2) is 61.4 Å². The van der Waals surface area contributed by atoms with E-state index in [2.05, 4.69) is 0 Å². The number of carbonyl (C=O) groups is 3. The van der Waals surface area contributed by atoms with Crippen LogP contribution in [0.2, 0.25) is 0 Å². The van der Waals surface area contributed by atoms with Crippen LogP contribution in [0.1, 0.15) is 18.9 Å². The molecule has 1 saturated heterocycles. The van der Waals surface area contributed by atoms with Gasteiger partial charge in [0.25, 0.3) is 0 Å². The molecule has 0 saturated carbocycles. The van der Waals surface area contributed by atoms with Crippen LogP contribution in [0.5, 0.6) is 11.5 Å². The predicted molar refractivity (Wildman–Crippen MR) is 125 cm³/mol. The van der Waals surface area contributed by atoms with Crippen LogP contribution in [0.25, 0.3) is 0 Å². The van der Waals surface area contributed by atoms with E-state index in [1.54, 1.807) is 36.4 Å². The summed E-state index contributed by atoms with van der Waals surface area (Å²) in [6.07, 6.45) is 0.505. The van der Waals surface area contributed by atoms with Gasteiger partial charge in [0.1, 0.15) is 17.8 Å². The van der Waals surface area contributed by atoms with Crippen molar-refractivity contribution >= 4 is 40.6 Å². The fourth-order valence-electron chi connectivity index (χ4n) is 3.10. The maximum Gasteiger partial charge on any atom is 0.326 e. The van der Waals surface area contributed by atoms with E-state index in [0.29, 0.717) is 23.6 Å². The monoisotopic (exact) mass is 489 g/mol. The molecule has 1 aliphatic heterocycles. The maximum atomic E-state index is 10.9. The smallest absolute Gasteiger partial charge is 0.326 e. The number of ether oxygens (including phenoxy) is 1. The molecule has 0 aromatic heterocycles. The van der Waals surface area contributed by atoms with Gasteiger partial charge >= 0.3 is 17.6 Å². The normalized spacial score (nSPS) is 15.6. The molecule has 34 heavy (non-hydrogen) atoms. The molecule has 2 atom stereocenters. The Hall–Kier alpha value is -3.90. The molecule has 4 N–H and O–H groups in total. The zero-order chi connectivity index (χ0) is 25.4. The topological polar surface area (TPSA) is 173 Å². The summed E-state index contributed by atoms with van der Waals surface area (Å²) in [6.45, 7) is 1.66. The quantitative estimate of drug-likeness (QED) is 0.298. The summed E-state index contributed by atoms with van der Waals surface area (Å²) >= 11 is 4.85. The first-order valence-corrected chi connectivity index (χ1v) is 10.4. The Balaban J connectivity index is 0.000000287. The molecule has 0 bridgehead atoms. The van der Waals surface area contributed by atoms with Crippen LogP contribution in [0.4, 0.5) is 5.69 Å². The van der Waals surface area contributed by atoms with E-state index in [1.807, 2.05) is 0 Å². The Bertz CT molecular complexity index is 1070. The second-order valence-electron chi connectivity index (χ2n) is 7.36. The standard InChI is InChI=1S/C15H14N2O5.C7H9NO3S/c16-12(15(18)19)9-10-5-7-11(8-6-10)22-14-4-2-1-3-13(14)17(20)21;1-4(9)8-3-5(12)2-6(8)7(10)11/h1-8,12H,9,16H2,(H,18,19);6H,2-3H2,1H3,(H,10,11)/t12-;6-/m00/s1. The Morgan fingerprint density at radius 1 is 1.21 bits per heavy atom. The van der Waals surface area contributed by atoms with Crippen molar-refractivity contribution in [3.05, 3.63) is 64.2 Å². The number of thiocarbonyl (C=S) groups is 1. The first kappa shape index (κ1) is 26.4. The number of nitro benzene ring substituents is 1. The third-order valence-electron chi connectivity index (χ3n) is 4.82. The minimum atomic E-state index is -1.07. The zero-order valence-electron chi connectivity index (χ0n) is 18.1. The van der Waals surface area contributed by atoms with Crippen molar-refractivity contribution in [2.45, 2.75) is 31.8 Å². The molecular weight excluding hydrogens is 466 g/mol. The van der Waals surface area contributed by atoms with E-state index >= 15 is 0 Å². The highest BCUT2D eigenvalue weighted by Gasteiger charge is 2.34. The van der Waals surface area contributed by atoms with Gasteiger partial charge < -0.3 is 25.6 Å². The minimum absolute atomic E-state index is 0.125. The summed E-state index contributed by atoms with van der Waals surface area (Å²) in [5.41, 5.74) is 6.07. The number of benzene rings is 2. The van der Waals surface area contributed by atoms with E-state index in [9.17, 15) is 24.5 Å². The van der Waals surface area contributed by atoms with Gasteiger partial charge in [-0.05, 0) is 30.2 Å². The van der Waals surface area contributed by atoms with E-state index in [0.717, 1.165) is 5.56 Å². The van der Waals surface area contributed by atoms with Crippen molar-refractivity contribution in [2.75, 3.05) is 6.54 Å². The van der Waals surface area contributed by atoms with Gasteiger partial charge in [-0.1, -0.05) is 36.5 Å². The third-order valence-corrected chi connectivity index (χ3v) is 5.12. The SMILES string of the molecule is CC(=O)N1CC(=S)C[C@H]1C(=O)O.N[C@@H](Cc1ccc(Oc2ccccc2[N+](=O)[O-])cc1)C(=O)O. The lowest BCUT2D eigenvalue weighted by molar-refractivity contribution is -0.385. The maximum absolute atomic E-state index is 10.9. The average molecular weight is 490 g/mol. The van der Waals surface area contributed by atoms with Gasteiger partial charge in [0.15, 0.2) is 0 Å². The van der Waals surface area contributed by atoms with Gasteiger partial charge in [-0.25, -0.2) is 4.79 Å². The van der Waals surface area contributed by atoms with E-state index in [1.165, 1.54) is 24.0 Å². The highest BCUT2D eigenvalue weighted by Crippen LogP contribution is 2.30. The molecule has 1 heterocycles. The number of aliphatic carboxylic acids is 2. The van der Waals surface area contributed by atoms with Crippen molar-refractivity contribution in [2.24, 2.45) is 5.73 Å². The Morgan fingerprint density at radius 3 is 2.32 bits per heavy atom. The summed E-state index contributed by atoms with van der Waals surface area (Å²) in [5.74, 6) is -1.73. The van der Waals surface area contributed by atoms with Gasteiger partial charge in [0.2, 0.25) is 11.7 Å². The molecule has 1 aliphatic rings. The number of carbonyl (C=O) groups excluding carboxylic acids is 1. The number of hydrogen-bond acceptors (Lipinski definition) is 8. The molecule has 1 fully saturated rings. The van der Waals surface area contributed by atoms with Gasteiger partial charge in [-0.3, -0.25) is 19.7 Å². The number of amides is 1. The number of para-hydroxylation sites is 2. The van der Waals surface area contributed by atoms with E-state index in [-0.39, 0.29) is 23.8 Å². The molecule has 11 nitrogen and oxygen atoms in total. The number of rotatable bonds is 7. The lowest BCUT2D eigenvalue weighted by Gasteiger charge is -2.18. The average Bonchev–Trinajstić information content (AvgIpc) is 3.18. The number of nitrogens with two attached hydrogens (primary N) is 1. The number of carboxylic acid groups (broad SMARTS) is 2. The van der Waals surface area contributed by atoms with Gasteiger partial charge in [-0.2, -0.15) is 0 Å². The van der Waals surface area contributed by atoms with Crippen LogP contribution in [0, 0.1) is 10.1 Å². The largest absolute Gasteiger partial charge is 0.480 e. The van der Waals surface area contributed by atoms with Gasteiger partial charge in [-0.15, -0.1) is 0 Å². The summed E-state index contributed by atoms with van der Waals surface area (Å²) in [5, 5.41) is 28.4. The number of nitrogens with zero attached hydrogens (tertiary/aromatic N) is 2. The second kappa shape index (κ2) is 11.8. The molecule has 12 heteroatoms. The lowest BCUT2D eigenvalue weighted by atomic mass is 10.1. The predicted octanol–water partition coefficient (Wildman–Crippen LogP) is 2.40. The highest BCUT2D eigenvalue weighted by atomic mass is 32.1. The van der Waals surface area contributed by atoms with E-state index in [4.69, 9.17) is 32.9 Å². The Labute approximate surface area is 199 Å². The van der Waals surface area contributed by atoms with Gasteiger partial charge in [0, 0.05) is 24.3 Å². The molecule has 2 aromatic carbocycles. The van der Waals surface area contributed by atoms with Crippen LogP contribution in [-0.2, 0) is 20.8 Å². The van der Waals surface area contributed by atoms with Crippen molar-refractivity contribution in [1.29, 1.82) is 0 Å². The summed E-state index contributed by atoms with van der Waals surface area (Å²) in [6, 6.07) is 10.9. The molecule has 2 aromatic rings. The van der Waals surface area contributed by atoms with E-state index < -0.39 is 28.9 Å². The molecule has 0 aliphatic carbocycles. The summed E-state index contributed by atoms with van der Waals surface area (Å²) in [4.78, 5) is 44.5. The van der Waals surface area contributed by atoms with Crippen LogP contribution < -0.4 is 10.5 Å². The number of hydrogen-bond donors (Lipinski definition) is 3. The minimum Gasteiger partial charge on any atom is -0.480 e.